The Hall–Kier alpha value is -3.87. The molecule has 7 nitrogen and oxygen atoms in total. The molecule has 0 aliphatic rings. The molecule has 0 saturated carbocycles. The molecule has 0 fully saturated rings. The van der Waals surface area contributed by atoms with Crippen LogP contribution in [0.3, 0.4) is 0 Å². The fourth-order valence-electron chi connectivity index (χ4n) is 3.63. The first-order valence-corrected chi connectivity index (χ1v) is 10.7. The first-order valence-electron chi connectivity index (χ1n) is 10.7. The minimum Gasteiger partial charge on any atom is -0.467 e. The Bertz CT molecular complexity index is 1210. The van der Waals surface area contributed by atoms with Crippen LogP contribution in [-0.2, 0) is 24.3 Å². The van der Waals surface area contributed by atoms with Crippen molar-refractivity contribution in [2.75, 3.05) is 6.54 Å². The van der Waals surface area contributed by atoms with Crippen LogP contribution in [-0.4, -0.2) is 27.9 Å². The van der Waals surface area contributed by atoms with E-state index in [9.17, 15) is 9.59 Å². The minimum atomic E-state index is -0.112. The van der Waals surface area contributed by atoms with Crippen molar-refractivity contribution in [1.29, 1.82) is 0 Å². The standard InChI is InChI=1S/C25H26N4O3/c1-18-7-4-8-19(15-18)25(31)26-13-5-12-23-28-21-10-2-3-11-22(21)29(23)17-24(30)27-16-20-9-6-14-32-20/h2-4,6-11,14-15H,5,12-13,16-17H2,1H3,(H,26,31)(H,27,30). The maximum absolute atomic E-state index is 12.5. The van der Waals surface area contributed by atoms with Gasteiger partial charge in [0.15, 0.2) is 0 Å². The zero-order chi connectivity index (χ0) is 22.3. The number of hydrogen-bond acceptors (Lipinski definition) is 4. The molecule has 4 aromatic rings. The highest BCUT2D eigenvalue weighted by Gasteiger charge is 2.14. The molecule has 164 valence electrons. The highest BCUT2D eigenvalue weighted by atomic mass is 16.3. The van der Waals surface area contributed by atoms with Crippen molar-refractivity contribution in [2.45, 2.75) is 32.9 Å². The molecule has 2 N–H and O–H groups in total. The lowest BCUT2D eigenvalue weighted by atomic mass is 10.1. The molecular weight excluding hydrogens is 404 g/mol. The molecule has 0 saturated heterocycles. The molecule has 0 aliphatic carbocycles. The molecule has 0 aliphatic heterocycles. The summed E-state index contributed by atoms with van der Waals surface area (Å²) < 4.78 is 7.21. The van der Waals surface area contributed by atoms with Gasteiger partial charge in [0.05, 0.1) is 23.8 Å². The molecule has 7 heteroatoms. The van der Waals surface area contributed by atoms with E-state index < -0.39 is 0 Å². The number of para-hydroxylation sites is 2. The maximum Gasteiger partial charge on any atom is 0.251 e. The Morgan fingerprint density at radius 3 is 2.72 bits per heavy atom. The molecule has 0 atom stereocenters. The van der Waals surface area contributed by atoms with Crippen LogP contribution < -0.4 is 10.6 Å². The SMILES string of the molecule is Cc1cccc(C(=O)NCCCc2nc3ccccc3n2CC(=O)NCc2ccco2)c1. The Morgan fingerprint density at radius 1 is 1.03 bits per heavy atom. The number of nitrogens with one attached hydrogen (secondary N) is 2. The van der Waals surface area contributed by atoms with E-state index in [2.05, 4.69) is 10.6 Å². The fourth-order valence-corrected chi connectivity index (χ4v) is 3.63. The van der Waals surface area contributed by atoms with Gasteiger partial charge >= 0.3 is 0 Å². The molecule has 2 aromatic heterocycles. The smallest absolute Gasteiger partial charge is 0.251 e. The molecule has 2 aromatic carbocycles. The van der Waals surface area contributed by atoms with Gasteiger partial charge in [0, 0.05) is 18.5 Å². The van der Waals surface area contributed by atoms with E-state index in [0.29, 0.717) is 30.8 Å². The third kappa shape index (κ3) is 5.24. The lowest BCUT2D eigenvalue weighted by molar-refractivity contribution is -0.121. The normalized spacial score (nSPS) is 10.9. The van der Waals surface area contributed by atoms with Crippen molar-refractivity contribution in [3.05, 3.63) is 89.6 Å². The molecule has 0 radical (unpaired) electrons. The monoisotopic (exact) mass is 430 g/mol. The number of hydrogen-bond donors (Lipinski definition) is 2. The number of carbonyl (C=O) groups is 2. The van der Waals surface area contributed by atoms with Crippen LogP contribution in [0.4, 0.5) is 0 Å². The quantitative estimate of drug-likeness (QED) is 0.397. The second-order valence-electron chi connectivity index (χ2n) is 7.69. The largest absolute Gasteiger partial charge is 0.467 e. The Balaban J connectivity index is 1.37. The summed E-state index contributed by atoms with van der Waals surface area (Å²) in [5.74, 6) is 1.33. The van der Waals surface area contributed by atoms with Gasteiger partial charge in [-0.3, -0.25) is 9.59 Å². The lowest BCUT2D eigenvalue weighted by Crippen LogP contribution is -2.28. The molecule has 32 heavy (non-hydrogen) atoms. The van der Waals surface area contributed by atoms with E-state index in [1.54, 1.807) is 12.3 Å². The predicted molar refractivity (Wildman–Crippen MR) is 122 cm³/mol. The van der Waals surface area contributed by atoms with E-state index in [0.717, 1.165) is 28.8 Å². The number of rotatable bonds is 9. The van der Waals surface area contributed by atoms with Gasteiger partial charge in [0.2, 0.25) is 5.91 Å². The average molecular weight is 431 g/mol. The second-order valence-corrected chi connectivity index (χ2v) is 7.69. The fraction of sp³-hybridized carbons (Fsp3) is 0.240. The molecule has 0 unspecified atom stereocenters. The van der Waals surface area contributed by atoms with E-state index in [-0.39, 0.29) is 18.4 Å². The average Bonchev–Trinajstić information content (AvgIpc) is 3.43. The van der Waals surface area contributed by atoms with Gasteiger partial charge < -0.3 is 19.6 Å². The summed E-state index contributed by atoms with van der Waals surface area (Å²) in [5.41, 5.74) is 3.48. The summed E-state index contributed by atoms with van der Waals surface area (Å²) in [4.78, 5) is 29.6. The summed E-state index contributed by atoms with van der Waals surface area (Å²) in [7, 11) is 0. The Labute approximate surface area is 186 Å². The van der Waals surface area contributed by atoms with Crippen molar-refractivity contribution in [2.24, 2.45) is 0 Å². The number of amides is 2. The Kier molecular flexibility index (Phi) is 6.65. The zero-order valence-corrected chi connectivity index (χ0v) is 18.0. The van der Waals surface area contributed by atoms with Gasteiger partial charge in [-0.05, 0) is 49.7 Å². The number of aromatic nitrogens is 2. The maximum atomic E-state index is 12.5. The zero-order valence-electron chi connectivity index (χ0n) is 18.0. The van der Waals surface area contributed by atoms with Crippen molar-refractivity contribution in [3.63, 3.8) is 0 Å². The summed E-state index contributed by atoms with van der Waals surface area (Å²) in [6.45, 7) is 3.01. The van der Waals surface area contributed by atoms with Crippen LogP contribution in [0.5, 0.6) is 0 Å². The number of fused-ring (bicyclic) bond motifs is 1. The van der Waals surface area contributed by atoms with E-state index in [4.69, 9.17) is 9.40 Å². The third-order valence-electron chi connectivity index (χ3n) is 5.22. The number of nitrogens with zero attached hydrogens (tertiary/aromatic N) is 2. The summed E-state index contributed by atoms with van der Waals surface area (Å²) in [6, 6.07) is 18.9. The lowest BCUT2D eigenvalue weighted by Gasteiger charge is -2.10. The van der Waals surface area contributed by atoms with Crippen molar-refractivity contribution >= 4 is 22.8 Å². The van der Waals surface area contributed by atoms with Crippen LogP contribution in [0.15, 0.2) is 71.3 Å². The van der Waals surface area contributed by atoms with Gasteiger partial charge in [-0.2, -0.15) is 0 Å². The van der Waals surface area contributed by atoms with Crippen LogP contribution >= 0.6 is 0 Å². The molecule has 4 rings (SSSR count). The van der Waals surface area contributed by atoms with Crippen molar-refractivity contribution in [1.82, 2.24) is 20.2 Å². The molecule has 2 heterocycles. The van der Waals surface area contributed by atoms with E-state index in [1.807, 2.05) is 66.1 Å². The predicted octanol–water partition coefficient (Wildman–Crippen LogP) is 3.62. The topological polar surface area (TPSA) is 89.2 Å². The summed E-state index contributed by atoms with van der Waals surface area (Å²) >= 11 is 0. The third-order valence-corrected chi connectivity index (χ3v) is 5.22. The first-order chi connectivity index (χ1) is 15.6. The highest BCUT2D eigenvalue weighted by molar-refractivity contribution is 5.94. The number of aryl methyl sites for hydroxylation is 2. The van der Waals surface area contributed by atoms with Crippen molar-refractivity contribution in [3.8, 4) is 0 Å². The summed E-state index contributed by atoms with van der Waals surface area (Å²) in [6.07, 6.45) is 2.95. The van der Waals surface area contributed by atoms with Crippen LogP contribution in [0.1, 0.15) is 33.9 Å². The van der Waals surface area contributed by atoms with Gasteiger partial charge in [0.25, 0.3) is 5.91 Å². The van der Waals surface area contributed by atoms with Gasteiger partial charge in [0.1, 0.15) is 18.1 Å². The Morgan fingerprint density at radius 2 is 1.91 bits per heavy atom. The number of benzene rings is 2. The number of carbonyl (C=O) groups excluding carboxylic acids is 2. The van der Waals surface area contributed by atoms with E-state index in [1.165, 1.54) is 0 Å². The van der Waals surface area contributed by atoms with Gasteiger partial charge in [-0.15, -0.1) is 0 Å². The van der Waals surface area contributed by atoms with Crippen LogP contribution in [0.25, 0.3) is 11.0 Å². The summed E-state index contributed by atoms with van der Waals surface area (Å²) in [5, 5.41) is 5.84. The van der Waals surface area contributed by atoms with Gasteiger partial charge in [-0.25, -0.2) is 4.98 Å². The van der Waals surface area contributed by atoms with Gasteiger partial charge in [-0.1, -0.05) is 29.8 Å². The van der Waals surface area contributed by atoms with Crippen molar-refractivity contribution < 1.29 is 14.0 Å². The first kappa shape index (κ1) is 21.4. The molecular formula is C25H26N4O3. The molecule has 0 bridgehead atoms. The van der Waals surface area contributed by atoms with Crippen LogP contribution in [0.2, 0.25) is 0 Å². The highest BCUT2D eigenvalue weighted by Crippen LogP contribution is 2.17. The molecule has 2 amide bonds. The van der Waals surface area contributed by atoms with Crippen LogP contribution in [0, 0.1) is 6.92 Å². The molecule has 0 spiro atoms. The number of furan rings is 1. The second kappa shape index (κ2) is 9.96. The minimum absolute atomic E-state index is 0.0838. The van der Waals surface area contributed by atoms with E-state index >= 15 is 0 Å². The number of imidazole rings is 1.